The van der Waals surface area contributed by atoms with E-state index >= 15 is 0 Å². The minimum Gasteiger partial charge on any atom is -0.497 e. The van der Waals surface area contributed by atoms with E-state index in [1.807, 2.05) is 17.0 Å². The van der Waals surface area contributed by atoms with Crippen molar-refractivity contribution in [2.75, 3.05) is 39.8 Å². The van der Waals surface area contributed by atoms with Gasteiger partial charge in [0.2, 0.25) is 5.91 Å². The zero-order chi connectivity index (χ0) is 21.1. The van der Waals surface area contributed by atoms with Crippen LogP contribution >= 0.6 is 11.3 Å². The second kappa shape index (κ2) is 9.05. The third kappa shape index (κ3) is 4.39. The molecule has 1 atom stereocenters. The average Bonchev–Trinajstić information content (AvgIpc) is 3.47. The van der Waals surface area contributed by atoms with Crippen molar-refractivity contribution in [2.24, 2.45) is 0 Å². The van der Waals surface area contributed by atoms with Crippen LogP contribution in [0.2, 0.25) is 0 Å². The van der Waals surface area contributed by atoms with Gasteiger partial charge in [-0.2, -0.15) is 4.31 Å². The van der Waals surface area contributed by atoms with Gasteiger partial charge in [0, 0.05) is 39.3 Å². The fourth-order valence-corrected chi connectivity index (χ4v) is 6.90. The molecule has 2 saturated heterocycles. The topological polar surface area (TPSA) is 70.2 Å². The number of piperazine rings is 1. The molecule has 9 heteroatoms. The van der Waals surface area contributed by atoms with E-state index in [-0.39, 0.29) is 5.91 Å². The van der Waals surface area contributed by atoms with Crippen molar-refractivity contribution in [3.05, 3.63) is 47.3 Å². The van der Waals surface area contributed by atoms with Gasteiger partial charge in [0.15, 0.2) is 0 Å². The van der Waals surface area contributed by atoms with Crippen molar-refractivity contribution in [3.8, 4) is 5.75 Å². The Morgan fingerprint density at radius 3 is 2.47 bits per heavy atom. The Kier molecular flexibility index (Phi) is 6.43. The van der Waals surface area contributed by atoms with Gasteiger partial charge in [-0.15, -0.1) is 11.3 Å². The van der Waals surface area contributed by atoms with Gasteiger partial charge in [-0.25, -0.2) is 8.42 Å². The molecule has 2 aliphatic rings. The Morgan fingerprint density at radius 2 is 1.83 bits per heavy atom. The average molecular weight is 450 g/mol. The lowest BCUT2D eigenvalue weighted by Gasteiger charge is -2.37. The van der Waals surface area contributed by atoms with Crippen LogP contribution in [0.25, 0.3) is 0 Å². The molecule has 2 aromatic rings. The molecule has 4 rings (SSSR count). The monoisotopic (exact) mass is 449 g/mol. The van der Waals surface area contributed by atoms with Crippen LogP contribution in [0.1, 0.15) is 18.4 Å². The molecule has 0 saturated carbocycles. The molecule has 2 aliphatic heterocycles. The SMILES string of the molecule is COc1ccc(CN2CCN(C(=O)C3CCCN3S(=O)(=O)c3cccs3)CC2)cc1. The number of amides is 1. The van der Waals surface area contributed by atoms with Crippen LogP contribution in [0, 0.1) is 0 Å². The highest BCUT2D eigenvalue weighted by Gasteiger charge is 2.41. The van der Waals surface area contributed by atoms with Crippen LogP contribution in [0.5, 0.6) is 5.75 Å². The van der Waals surface area contributed by atoms with E-state index in [4.69, 9.17) is 4.74 Å². The zero-order valence-corrected chi connectivity index (χ0v) is 18.7. The van der Waals surface area contributed by atoms with Crippen molar-refractivity contribution < 1.29 is 17.9 Å². The molecule has 0 aliphatic carbocycles. The quantitative estimate of drug-likeness (QED) is 0.677. The van der Waals surface area contributed by atoms with Gasteiger partial charge in [0.1, 0.15) is 16.0 Å². The predicted octanol–water partition coefficient (Wildman–Crippen LogP) is 2.25. The number of carbonyl (C=O) groups is 1. The van der Waals surface area contributed by atoms with Gasteiger partial charge in [0.25, 0.3) is 10.0 Å². The predicted molar refractivity (Wildman–Crippen MR) is 116 cm³/mol. The first-order chi connectivity index (χ1) is 14.5. The van der Waals surface area contributed by atoms with E-state index in [0.717, 1.165) is 31.8 Å². The smallest absolute Gasteiger partial charge is 0.253 e. The van der Waals surface area contributed by atoms with E-state index in [1.165, 1.54) is 21.2 Å². The molecule has 2 fully saturated rings. The number of ether oxygens (including phenoxy) is 1. The standard InChI is InChI=1S/C21H27N3O4S2/c1-28-18-8-6-17(7-9-18)16-22-11-13-23(14-12-22)21(25)19-4-2-10-24(19)30(26,27)20-5-3-15-29-20/h3,5-9,15,19H,2,4,10-14,16H2,1H3. The fourth-order valence-electron chi connectivity index (χ4n) is 4.13. The first-order valence-corrected chi connectivity index (χ1v) is 12.5. The van der Waals surface area contributed by atoms with E-state index in [9.17, 15) is 13.2 Å². The van der Waals surface area contributed by atoms with E-state index in [1.54, 1.807) is 24.6 Å². The maximum absolute atomic E-state index is 13.2. The summed E-state index contributed by atoms with van der Waals surface area (Å²) in [4.78, 5) is 17.3. The van der Waals surface area contributed by atoms with E-state index in [2.05, 4.69) is 17.0 Å². The molecule has 0 N–H and O–H groups in total. The Morgan fingerprint density at radius 1 is 1.10 bits per heavy atom. The first kappa shape index (κ1) is 21.3. The zero-order valence-electron chi connectivity index (χ0n) is 17.1. The molecule has 1 amide bonds. The van der Waals surface area contributed by atoms with Crippen molar-refractivity contribution in [3.63, 3.8) is 0 Å². The van der Waals surface area contributed by atoms with Gasteiger partial charge in [0.05, 0.1) is 7.11 Å². The number of sulfonamides is 1. The number of carbonyl (C=O) groups excluding carboxylic acids is 1. The van der Waals surface area contributed by atoms with Crippen LogP contribution in [0.4, 0.5) is 0 Å². The van der Waals surface area contributed by atoms with Gasteiger partial charge in [-0.1, -0.05) is 18.2 Å². The van der Waals surface area contributed by atoms with Crippen molar-refractivity contribution in [1.29, 1.82) is 0 Å². The minimum atomic E-state index is -3.60. The summed E-state index contributed by atoms with van der Waals surface area (Å²) in [5.74, 6) is 0.782. The Hall–Kier alpha value is -1.94. The van der Waals surface area contributed by atoms with Crippen molar-refractivity contribution in [2.45, 2.75) is 29.6 Å². The molecule has 0 spiro atoms. The lowest BCUT2D eigenvalue weighted by atomic mass is 10.1. The molecular formula is C21H27N3O4S2. The van der Waals surface area contributed by atoms with E-state index in [0.29, 0.717) is 30.3 Å². The Labute approximate surface area is 181 Å². The summed E-state index contributed by atoms with van der Waals surface area (Å²) < 4.78 is 32.8. The number of hydrogen-bond acceptors (Lipinski definition) is 6. The highest BCUT2D eigenvalue weighted by molar-refractivity contribution is 7.91. The summed E-state index contributed by atoms with van der Waals surface area (Å²) in [5.41, 5.74) is 1.21. The molecule has 1 unspecified atom stereocenters. The Balaban J connectivity index is 1.35. The second-order valence-corrected chi connectivity index (χ2v) is 10.7. The molecule has 0 radical (unpaired) electrons. The highest BCUT2D eigenvalue weighted by Crippen LogP contribution is 2.29. The molecule has 1 aromatic heterocycles. The van der Waals surface area contributed by atoms with Crippen LogP contribution in [-0.4, -0.2) is 74.3 Å². The molecule has 0 bridgehead atoms. The van der Waals surface area contributed by atoms with Gasteiger partial charge < -0.3 is 9.64 Å². The summed E-state index contributed by atoms with van der Waals surface area (Å²) >= 11 is 1.20. The third-order valence-corrected chi connectivity index (χ3v) is 9.08. The molecule has 7 nitrogen and oxygen atoms in total. The van der Waals surface area contributed by atoms with Crippen molar-refractivity contribution in [1.82, 2.24) is 14.1 Å². The summed E-state index contributed by atoms with van der Waals surface area (Å²) in [6, 6.07) is 10.8. The number of benzene rings is 1. The molecule has 1 aromatic carbocycles. The number of thiophene rings is 1. The third-order valence-electron chi connectivity index (χ3n) is 5.80. The van der Waals surface area contributed by atoms with E-state index < -0.39 is 16.1 Å². The number of hydrogen-bond donors (Lipinski definition) is 0. The largest absolute Gasteiger partial charge is 0.497 e. The fraction of sp³-hybridized carbons (Fsp3) is 0.476. The van der Waals surface area contributed by atoms with Gasteiger partial charge in [-0.05, 0) is 42.0 Å². The van der Waals surface area contributed by atoms with Gasteiger partial charge >= 0.3 is 0 Å². The summed E-state index contributed by atoms with van der Waals surface area (Å²) in [5, 5.41) is 1.75. The molecule has 3 heterocycles. The van der Waals surface area contributed by atoms with Gasteiger partial charge in [-0.3, -0.25) is 9.69 Å². The lowest BCUT2D eigenvalue weighted by molar-refractivity contribution is -0.136. The molecule has 162 valence electrons. The van der Waals surface area contributed by atoms with Crippen LogP contribution in [0.15, 0.2) is 46.0 Å². The number of methoxy groups -OCH3 is 1. The van der Waals surface area contributed by atoms with Crippen LogP contribution < -0.4 is 4.74 Å². The maximum Gasteiger partial charge on any atom is 0.253 e. The maximum atomic E-state index is 13.2. The summed E-state index contributed by atoms with van der Waals surface area (Å²) in [7, 11) is -1.95. The highest BCUT2D eigenvalue weighted by atomic mass is 32.2. The van der Waals surface area contributed by atoms with Crippen LogP contribution in [-0.2, 0) is 21.4 Å². The summed E-state index contributed by atoms with van der Waals surface area (Å²) in [6.07, 6.45) is 1.31. The second-order valence-electron chi connectivity index (χ2n) is 7.66. The Bertz CT molecular complexity index is 953. The molecular weight excluding hydrogens is 422 g/mol. The van der Waals surface area contributed by atoms with Crippen LogP contribution in [0.3, 0.4) is 0 Å². The number of nitrogens with zero attached hydrogens (tertiary/aromatic N) is 3. The minimum absolute atomic E-state index is 0.0586. The normalized spacial score (nSPS) is 21.1. The number of rotatable bonds is 6. The lowest BCUT2D eigenvalue weighted by Crippen LogP contribution is -2.54. The molecule has 30 heavy (non-hydrogen) atoms. The summed E-state index contributed by atoms with van der Waals surface area (Å²) in [6.45, 7) is 4.05. The van der Waals surface area contributed by atoms with Crippen molar-refractivity contribution >= 4 is 27.3 Å². The first-order valence-electron chi connectivity index (χ1n) is 10.2.